The van der Waals surface area contributed by atoms with Crippen LogP contribution in [0.4, 0.5) is 10.1 Å². The van der Waals surface area contributed by atoms with E-state index < -0.39 is 5.60 Å². The van der Waals surface area contributed by atoms with E-state index in [9.17, 15) is 9.50 Å². The minimum Gasteiger partial charge on any atom is -0.388 e. The number of hydrogen-bond donors (Lipinski definition) is 3. The van der Waals surface area contributed by atoms with Crippen LogP contribution in [0.25, 0.3) is 0 Å². The number of aliphatic hydroxyl groups is 1. The lowest BCUT2D eigenvalue weighted by molar-refractivity contribution is 0.0257. The summed E-state index contributed by atoms with van der Waals surface area (Å²) in [7, 11) is 0. The summed E-state index contributed by atoms with van der Waals surface area (Å²) in [5, 5.41) is 17.2. The molecule has 172 valence electrons. The second-order valence-corrected chi connectivity index (χ2v) is 7.66. The van der Waals surface area contributed by atoms with Crippen LogP contribution in [0.3, 0.4) is 0 Å². The molecule has 1 aromatic carbocycles. The fourth-order valence-electron chi connectivity index (χ4n) is 3.70. The fraction of sp³-hybridized carbons (Fsp3) is 0.682. The van der Waals surface area contributed by atoms with E-state index in [0.717, 1.165) is 37.8 Å². The molecule has 1 heterocycles. The van der Waals surface area contributed by atoms with Gasteiger partial charge in [-0.15, -0.1) is 24.0 Å². The molecule has 1 aliphatic heterocycles. The van der Waals surface area contributed by atoms with Crippen LogP contribution in [0, 0.1) is 5.82 Å². The highest BCUT2D eigenvalue weighted by Crippen LogP contribution is 2.22. The Balaban J connectivity index is 0.00000450. The lowest BCUT2D eigenvalue weighted by atomic mass is 9.93. The first-order valence-corrected chi connectivity index (χ1v) is 10.9. The lowest BCUT2D eigenvalue weighted by Crippen LogP contribution is -2.47. The molecule has 30 heavy (non-hydrogen) atoms. The van der Waals surface area contributed by atoms with Crippen molar-refractivity contribution >= 4 is 35.6 Å². The molecular weight excluding hydrogens is 498 g/mol. The predicted octanol–water partition coefficient (Wildman–Crippen LogP) is 3.67. The van der Waals surface area contributed by atoms with Gasteiger partial charge in [0.2, 0.25) is 0 Å². The van der Waals surface area contributed by atoms with Crippen molar-refractivity contribution in [1.82, 2.24) is 10.6 Å². The van der Waals surface area contributed by atoms with Gasteiger partial charge in [0.05, 0.1) is 31.0 Å². The largest absolute Gasteiger partial charge is 0.388 e. The van der Waals surface area contributed by atoms with Gasteiger partial charge in [-0.3, -0.25) is 0 Å². The smallest absolute Gasteiger partial charge is 0.191 e. The SMILES string of the molecule is CCCC(O)(CCC)CNC(=NCc1ccc(N2CCOCC2)c(F)c1)NCC.I. The number of nitrogens with zero attached hydrogens (tertiary/aromatic N) is 2. The lowest BCUT2D eigenvalue weighted by Gasteiger charge is -2.29. The molecule has 1 saturated heterocycles. The summed E-state index contributed by atoms with van der Waals surface area (Å²) in [5.41, 5.74) is 0.704. The van der Waals surface area contributed by atoms with Gasteiger partial charge in [0.1, 0.15) is 5.82 Å². The highest BCUT2D eigenvalue weighted by Gasteiger charge is 2.25. The van der Waals surface area contributed by atoms with Gasteiger partial charge in [0.25, 0.3) is 0 Å². The number of halogens is 2. The molecule has 0 bridgehead atoms. The number of guanidine groups is 1. The van der Waals surface area contributed by atoms with Crippen molar-refractivity contribution in [2.24, 2.45) is 4.99 Å². The molecule has 3 N–H and O–H groups in total. The Labute approximate surface area is 197 Å². The summed E-state index contributed by atoms with van der Waals surface area (Å²) in [6.07, 6.45) is 3.37. The summed E-state index contributed by atoms with van der Waals surface area (Å²) in [6, 6.07) is 5.31. The molecular formula is C22H38FIN4O2. The minimum absolute atomic E-state index is 0. The summed E-state index contributed by atoms with van der Waals surface area (Å²) in [4.78, 5) is 6.59. The van der Waals surface area contributed by atoms with E-state index in [1.165, 1.54) is 0 Å². The van der Waals surface area contributed by atoms with Gasteiger partial charge >= 0.3 is 0 Å². The van der Waals surface area contributed by atoms with Crippen LogP contribution < -0.4 is 15.5 Å². The number of morpholine rings is 1. The monoisotopic (exact) mass is 536 g/mol. The van der Waals surface area contributed by atoms with Crippen LogP contribution in [-0.4, -0.2) is 56.1 Å². The summed E-state index contributed by atoms with van der Waals surface area (Å²) >= 11 is 0. The molecule has 0 aliphatic carbocycles. The topological polar surface area (TPSA) is 69.1 Å². The van der Waals surface area contributed by atoms with E-state index in [0.29, 0.717) is 51.0 Å². The molecule has 0 atom stereocenters. The summed E-state index contributed by atoms with van der Waals surface area (Å²) < 4.78 is 19.9. The molecule has 1 aromatic rings. The molecule has 0 amide bonds. The van der Waals surface area contributed by atoms with Gasteiger partial charge in [0, 0.05) is 26.2 Å². The fourth-order valence-corrected chi connectivity index (χ4v) is 3.70. The Morgan fingerprint density at radius 3 is 2.40 bits per heavy atom. The van der Waals surface area contributed by atoms with Gasteiger partial charge in [-0.25, -0.2) is 9.38 Å². The molecule has 8 heteroatoms. The van der Waals surface area contributed by atoms with E-state index in [1.807, 2.05) is 24.0 Å². The highest BCUT2D eigenvalue weighted by molar-refractivity contribution is 14.0. The van der Waals surface area contributed by atoms with E-state index in [1.54, 1.807) is 6.07 Å². The number of nitrogens with one attached hydrogen (secondary N) is 2. The first kappa shape index (κ1) is 26.9. The van der Waals surface area contributed by atoms with Gasteiger partial charge in [-0.2, -0.15) is 0 Å². The van der Waals surface area contributed by atoms with Crippen molar-refractivity contribution in [3.05, 3.63) is 29.6 Å². The first-order chi connectivity index (χ1) is 14.0. The Kier molecular flexibility index (Phi) is 12.6. The third kappa shape index (κ3) is 8.55. The minimum atomic E-state index is -0.731. The third-order valence-corrected chi connectivity index (χ3v) is 5.14. The maximum Gasteiger partial charge on any atom is 0.191 e. The molecule has 1 aliphatic rings. The first-order valence-electron chi connectivity index (χ1n) is 10.9. The Morgan fingerprint density at radius 2 is 1.83 bits per heavy atom. The number of hydrogen-bond acceptors (Lipinski definition) is 4. The average Bonchev–Trinajstić information content (AvgIpc) is 2.71. The van der Waals surface area contributed by atoms with Gasteiger partial charge in [-0.05, 0) is 37.5 Å². The van der Waals surface area contributed by atoms with E-state index in [-0.39, 0.29) is 29.8 Å². The molecule has 0 radical (unpaired) electrons. The number of benzene rings is 1. The van der Waals surface area contributed by atoms with Crippen molar-refractivity contribution in [2.45, 2.75) is 58.6 Å². The maximum atomic E-state index is 14.6. The zero-order chi connectivity index (χ0) is 21.1. The van der Waals surface area contributed by atoms with Crippen molar-refractivity contribution in [3.8, 4) is 0 Å². The molecule has 0 unspecified atom stereocenters. The van der Waals surface area contributed by atoms with Crippen LogP contribution in [0.15, 0.2) is 23.2 Å². The van der Waals surface area contributed by atoms with Crippen LogP contribution in [0.2, 0.25) is 0 Å². The van der Waals surface area contributed by atoms with Crippen molar-refractivity contribution < 1.29 is 14.2 Å². The third-order valence-electron chi connectivity index (χ3n) is 5.14. The van der Waals surface area contributed by atoms with E-state index in [4.69, 9.17) is 4.74 Å². The van der Waals surface area contributed by atoms with Crippen LogP contribution >= 0.6 is 24.0 Å². The van der Waals surface area contributed by atoms with Crippen LogP contribution in [0.1, 0.15) is 52.0 Å². The zero-order valence-corrected chi connectivity index (χ0v) is 20.9. The number of rotatable bonds is 10. The van der Waals surface area contributed by atoms with Gasteiger partial charge < -0.3 is 25.4 Å². The van der Waals surface area contributed by atoms with Crippen molar-refractivity contribution in [1.29, 1.82) is 0 Å². The molecule has 0 aromatic heterocycles. The molecule has 2 rings (SSSR count). The molecule has 1 fully saturated rings. The predicted molar refractivity (Wildman–Crippen MR) is 132 cm³/mol. The normalized spacial score (nSPS) is 15.0. The second kappa shape index (κ2) is 14.0. The van der Waals surface area contributed by atoms with E-state index >= 15 is 0 Å². The number of anilines is 1. The van der Waals surface area contributed by atoms with Gasteiger partial charge in [-0.1, -0.05) is 32.8 Å². The quantitative estimate of drug-likeness (QED) is 0.242. The second-order valence-electron chi connectivity index (χ2n) is 7.66. The molecule has 0 spiro atoms. The summed E-state index contributed by atoms with van der Waals surface area (Å²) in [5.74, 6) is 0.411. The average molecular weight is 536 g/mol. The molecule has 6 nitrogen and oxygen atoms in total. The molecule has 0 saturated carbocycles. The summed E-state index contributed by atoms with van der Waals surface area (Å²) in [6.45, 7) is 10.4. The Hall–Kier alpha value is -1.13. The van der Waals surface area contributed by atoms with Crippen molar-refractivity contribution in [2.75, 3.05) is 44.3 Å². The van der Waals surface area contributed by atoms with Crippen molar-refractivity contribution in [3.63, 3.8) is 0 Å². The highest BCUT2D eigenvalue weighted by atomic mass is 127. The Morgan fingerprint density at radius 1 is 1.17 bits per heavy atom. The number of ether oxygens (including phenoxy) is 1. The zero-order valence-electron chi connectivity index (χ0n) is 18.5. The Bertz CT molecular complexity index is 648. The standard InChI is InChI=1S/C22H37FN4O2.HI/c1-4-9-22(28,10-5-2)17-26-21(24-6-3)25-16-18-7-8-20(19(23)15-18)27-11-13-29-14-12-27;/h7-8,15,28H,4-6,9-14,16-17H2,1-3H3,(H2,24,25,26);1H. The number of aliphatic imine (C=N–C) groups is 1. The maximum absolute atomic E-state index is 14.6. The van der Waals surface area contributed by atoms with Crippen LogP contribution in [-0.2, 0) is 11.3 Å². The van der Waals surface area contributed by atoms with E-state index in [2.05, 4.69) is 29.5 Å². The van der Waals surface area contributed by atoms with Gasteiger partial charge in [0.15, 0.2) is 5.96 Å². The van der Waals surface area contributed by atoms with Crippen LogP contribution in [0.5, 0.6) is 0 Å².